The number of methoxy groups -OCH3 is 2. The second kappa shape index (κ2) is 17.7. The van der Waals surface area contributed by atoms with Gasteiger partial charge in [0.05, 0.1) is 48.2 Å². The first-order valence-electron chi connectivity index (χ1n) is 18.3. The number of aliphatic hydroxyl groups excluding tert-OH is 4. The number of Topliss-reactive ketones (excluding diaryl/α,β-unsaturated/α-hetero) is 2. The molecule has 0 amide bonds. The molecule has 0 spiro atoms. The van der Waals surface area contributed by atoms with Gasteiger partial charge in [-0.05, 0) is 57.2 Å². The lowest BCUT2D eigenvalue weighted by molar-refractivity contribution is -0.298. The van der Waals surface area contributed by atoms with E-state index < -0.39 is 127 Å². The Kier molecular flexibility index (Phi) is 13.6. The maximum Gasteiger partial charge on any atom is 0.306 e. The summed E-state index contributed by atoms with van der Waals surface area (Å²) in [7, 11) is 2.41. The maximum absolute atomic E-state index is 13.9. The van der Waals surface area contributed by atoms with E-state index in [0.717, 1.165) is 0 Å². The van der Waals surface area contributed by atoms with Crippen molar-refractivity contribution in [2.24, 2.45) is 5.92 Å². The molecule has 2 saturated heterocycles. The van der Waals surface area contributed by atoms with Gasteiger partial charge in [0.15, 0.2) is 24.0 Å². The Morgan fingerprint density at radius 2 is 1.61 bits per heavy atom. The van der Waals surface area contributed by atoms with Gasteiger partial charge in [-0.15, -0.1) is 0 Å². The number of phenolic OH excluding ortho intramolecular Hbond substituents is 2. The molecule has 56 heavy (non-hydrogen) atoms. The number of rotatable bonds is 14. The monoisotopic (exact) mass is 794 g/mol. The standard InChI is InChI=1S/C38H50O18/c1-14-22(55-27-13-23(32(45)16(3)54-27)56-26-12-21(39)31(44)15(2)53-26)11-19-9-18-10-20(37(50-5)35(48)29(18)34(47)28(19)30(14)43)38(51-6)36(49)33(46)17(4)52-25(42)8-7-24(40)41/h9,11,15-17,20-21,23,26-27,31-33,37-39,43-47H,7-8,10,12-13H2,1-6H3,(H,40,41)/t15?,16?,17-,20-,21?,23?,26+,27+,31-,32-,33+,37+,38+/m1/s1. The third-order valence-electron chi connectivity index (χ3n) is 10.7. The first kappa shape index (κ1) is 43.1. The average Bonchev–Trinajstić information content (AvgIpc) is 3.13. The normalized spacial score (nSPS) is 30.9. The first-order chi connectivity index (χ1) is 26.4. The van der Waals surface area contributed by atoms with Crippen molar-refractivity contribution in [3.8, 4) is 17.2 Å². The second-order valence-electron chi connectivity index (χ2n) is 14.5. The largest absolute Gasteiger partial charge is 0.507 e. The molecule has 2 aromatic rings. The number of phenols is 2. The Labute approximate surface area is 321 Å². The molecule has 18 nitrogen and oxygen atoms in total. The van der Waals surface area contributed by atoms with E-state index >= 15 is 0 Å². The minimum absolute atomic E-state index is 0.000893. The van der Waals surface area contributed by atoms with Crippen LogP contribution in [0.25, 0.3) is 10.8 Å². The number of ether oxygens (including phenoxy) is 7. The predicted octanol–water partition coefficient (Wildman–Crippen LogP) is 0.787. The van der Waals surface area contributed by atoms with Gasteiger partial charge < -0.3 is 68.9 Å². The molecule has 0 radical (unpaired) electrons. The van der Waals surface area contributed by atoms with Gasteiger partial charge in [-0.2, -0.15) is 0 Å². The SMILES string of the molecule is CO[C@@H]1C(=O)c2c(cc3cc(O[C@H]4CC(O[C@H]5CC(O)[C@H](O)C(C)O5)[C@H](O)C(C)O4)c(C)c(O)c3c2O)C[C@H]1[C@H](OC)C(=O)[C@@H](O)[C@@H](C)OC(=O)CCC(=O)O. The van der Waals surface area contributed by atoms with E-state index in [4.69, 9.17) is 38.3 Å². The summed E-state index contributed by atoms with van der Waals surface area (Å²) in [6, 6.07) is 3.06. The van der Waals surface area contributed by atoms with Crippen LogP contribution in [0.4, 0.5) is 0 Å². The van der Waals surface area contributed by atoms with Crippen LogP contribution in [0, 0.1) is 12.8 Å². The van der Waals surface area contributed by atoms with Crippen LogP contribution in [0.1, 0.15) is 67.9 Å². The number of aliphatic carboxylic acids is 1. The fourth-order valence-electron chi connectivity index (χ4n) is 7.58. The number of benzene rings is 2. The number of aromatic hydroxyl groups is 2. The Hall–Kier alpha value is -3.98. The number of hydrogen-bond acceptors (Lipinski definition) is 17. The highest BCUT2D eigenvalue weighted by Gasteiger charge is 2.47. The molecule has 2 aromatic carbocycles. The number of esters is 1. The number of fused-ring (bicyclic) bond motifs is 2. The Balaban J connectivity index is 1.40. The van der Waals surface area contributed by atoms with Crippen LogP contribution < -0.4 is 4.74 Å². The fraction of sp³-hybridized carbons (Fsp3) is 0.632. The lowest BCUT2D eigenvalue weighted by atomic mass is 9.75. The molecule has 2 heterocycles. The summed E-state index contributed by atoms with van der Waals surface area (Å²) in [5.41, 5.74) is 0.302. The first-order valence-corrected chi connectivity index (χ1v) is 18.3. The predicted molar refractivity (Wildman–Crippen MR) is 190 cm³/mol. The zero-order valence-corrected chi connectivity index (χ0v) is 31.8. The van der Waals surface area contributed by atoms with E-state index in [1.54, 1.807) is 13.8 Å². The highest BCUT2D eigenvalue weighted by molar-refractivity contribution is 6.11. The summed E-state index contributed by atoms with van der Waals surface area (Å²) in [6.07, 6.45) is -14.8. The highest BCUT2D eigenvalue weighted by Crippen LogP contribution is 2.46. The number of ketones is 2. The second-order valence-corrected chi connectivity index (χ2v) is 14.5. The van der Waals surface area contributed by atoms with Crippen LogP contribution >= 0.6 is 0 Å². The third kappa shape index (κ3) is 8.78. The van der Waals surface area contributed by atoms with Crippen molar-refractivity contribution >= 4 is 34.3 Å². The molecule has 1 aliphatic carbocycles. The quantitative estimate of drug-likeness (QED) is 0.130. The summed E-state index contributed by atoms with van der Waals surface area (Å²) in [5, 5.41) is 73.9. The van der Waals surface area contributed by atoms with Gasteiger partial charge in [0, 0.05) is 38.5 Å². The number of carboxylic acids is 1. The van der Waals surface area contributed by atoms with Gasteiger partial charge in [0.2, 0.25) is 6.29 Å². The van der Waals surface area contributed by atoms with E-state index in [2.05, 4.69) is 0 Å². The molecule has 2 aliphatic heterocycles. The molecule has 2 fully saturated rings. The zero-order valence-electron chi connectivity index (χ0n) is 31.8. The smallest absolute Gasteiger partial charge is 0.306 e. The summed E-state index contributed by atoms with van der Waals surface area (Å²) in [5.74, 6) is -5.67. The maximum atomic E-state index is 13.9. The zero-order chi connectivity index (χ0) is 41.3. The molecule has 310 valence electrons. The topological polar surface area (TPSA) is 274 Å². The van der Waals surface area contributed by atoms with Gasteiger partial charge in [-0.25, -0.2) is 0 Å². The lowest BCUT2D eigenvalue weighted by Gasteiger charge is -2.41. The van der Waals surface area contributed by atoms with Crippen LogP contribution in [0.2, 0.25) is 0 Å². The number of hydrogen-bond donors (Lipinski definition) is 7. The number of carbonyl (C=O) groups excluding carboxylic acids is 3. The van der Waals surface area contributed by atoms with Gasteiger partial charge >= 0.3 is 11.9 Å². The molecular formula is C38H50O18. The van der Waals surface area contributed by atoms with Crippen LogP contribution in [0.5, 0.6) is 17.2 Å². The van der Waals surface area contributed by atoms with Crippen molar-refractivity contribution in [2.75, 3.05) is 14.2 Å². The summed E-state index contributed by atoms with van der Waals surface area (Å²) < 4.78 is 39.8. The van der Waals surface area contributed by atoms with Gasteiger partial charge in [-0.1, -0.05) is 0 Å². The van der Waals surface area contributed by atoms with Crippen LogP contribution in [-0.4, -0.2) is 147 Å². The van der Waals surface area contributed by atoms with Crippen molar-refractivity contribution in [2.45, 2.75) is 133 Å². The molecule has 0 aromatic heterocycles. The third-order valence-corrected chi connectivity index (χ3v) is 10.7. The molecule has 3 aliphatic rings. The number of carboxylic acid groups (broad SMARTS) is 1. The molecule has 5 rings (SSSR count). The summed E-state index contributed by atoms with van der Waals surface area (Å²) in [6.45, 7) is 5.98. The van der Waals surface area contributed by atoms with Crippen molar-refractivity contribution in [3.05, 3.63) is 28.8 Å². The average molecular weight is 795 g/mol. The Bertz CT molecular complexity index is 1780. The van der Waals surface area contributed by atoms with E-state index in [0.29, 0.717) is 0 Å². The molecule has 13 atom stereocenters. The number of aliphatic hydroxyl groups is 4. The molecular weight excluding hydrogens is 744 g/mol. The van der Waals surface area contributed by atoms with Gasteiger partial charge in [-0.3, -0.25) is 19.2 Å². The molecule has 4 unspecified atom stereocenters. The minimum atomic E-state index is -1.92. The Morgan fingerprint density at radius 3 is 2.23 bits per heavy atom. The Morgan fingerprint density at radius 1 is 0.946 bits per heavy atom. The number of carbonyl (C=O) groups is 4. The van der Waals surface area contributed by atoms with Crippen molar-refractivity contribution < 1.29 is 88.1 Å². The van der Waals surface area contributed by atoms with Crippen LogP contribution in [0.3, 0.4) is 0 Å². The van der Waals surface area contributed by atoms with Crippen LogP contribution in [0.15, 0.2) is 12.1 Å². The van der Waals surface area contributed by atoms with E-state index in [1.807, 2.05) is 0 Å². The lowest BCUT2D eigenvalue weighted by Crippen LogP contribution is -2.53. The summed E-state index contributed by atoms with van der Waals surface area (Å²) in [4.78, 5) is 50.4. The molecule has 0 bridgehead atoms. The molecule has 7 N–H and O–H groups in total. The highest BCUT2D eigenvalue weighted by atomic mass is 16.7. The minimum Gasteiger partial charge on any atom is -0.507 e. The van der Waals surface area contributed by atoms with E-state index in [9.17, 15) is 49.8 Å². The molecule has 18 heteroatoms. The van der Waals surface area contributed by atoms with Crippen molar-refractivity contribution in [3.63, 3.8) is 0 Å². The fourth-order valence-corrected chi connectivity index (χ4v) is 7.58. The van der Waals surface area contributed by atoms with Gasteiger partial charge in [0.25, 0.3) is 0 Å². The van der Waals surface area contributed by atoms with Gasteiger partial charge in [0.1, 0.15) is 47.8 Å². The van der Waals surface area contributed by atoms with Crippen molar-refractivity contribution in [1.29, 1.82) is 0 Å². The van der Waals surface area contributed by atoms with Crippen LogP contribution in [-0.2, 0) is 49.2 Å². The van der Waals surface area contributed by atoms with E-state index in [1.165, 1.54) is 40.2 Å². The van der Waals surface area contributed by atoms with Crippen molar-refractivity contribution in [1.82, 2.24) is 0 Å². The summed E-state index contributed by atoms with van der Waals surface area (Å²) >= 11 is 0. The molecule has 0 saturated carbocycles. The van der Waals surface area contributed by atoms with E-state index in [-0.39, 0.29) is 52.5 Å².